The molecule has 2 N–H and O–H groups in total. The van der Waals surface area contributed by atoms with Gasteiger partial charge < -0.3 is 15.5 Å². The Balaban J connectivity index is 1.32. The van der Waals surface area contributed by atoms with Gasteiger partial charge in [0.15, 0.2) is 0 Å². The molecule has 2 heterocycles. The van der Waals surface area contributed by atoms with E-state index in [9.17, 15) is 14.4 Å². The molecule has 2 aliphatic heterocycles. The Morgan fingerprint density at radius 2 is 2.00 bits per heavy atom. The minimum Gasteiger partial charge on any atom is -0.338 e. The quantitative estimate of drug-likeness (QED) is 0.632. The first kappa shape index (κ1) is 21.6. The summed E-state index contributed by atoms with van der Waals surface area (Å²) in [5.41, 5.74) is 1.54. The van der Waals surface area contributed by atoms with Gasteiger partial charge in [0.05, 0.1) is 12.3 Å². The molecule has 2 aliphatic rings. The number of imide groups is 1. The first-order valence-electron chi connectivity index (χ1n) is 10.3. The summed E-state index contributed by atoms with van der Waals surface area (Å²) >= 11 is 1.03. The van der Waals surface area contributed by atoms with Gasteiger partial charge >= 0.3 is 6.03 Å². The molecule has 0 saturated carbocycles. The fraction of sp³-hybridized carbons (Fsp3) is 0.571. The molecule has 8 heteroatoms. The molecule has 2 fully saturated rings. The van der Waals surface area contributed by atoms with E-state index in [-0.39, 0.29) is 29.5 Å². The van der Waals surface area contributed by atoms with Crippen molar-refractivity contribution < 1.29 is 14.4 Å². The average molecular weight is 419 g/mol. The van der Waals surface area contributed by atoms with Crippen LogP contribution in [0, 0.1) is 5.92 Å². The van der Waals surface area contributed by atoms with Gasteiger partial charge in [-0.15, -0.1) is 0 Å². The van der Waals surface area contributed by atoms with Crippen molar-refractivity contribution in [3.63, 3.8) is 0 Å². The van der Waals surface area contributed by atoms with Crippen molar-refractivity contribution in [2.45, 2.75) is 39.2 Å². The van der Waals surface area contributed by atoms with Gasteiger partial charge in [0.25, 0.3) is 5.24 Å². The summed E-state index contributed by atoms with van der Waals surface area (Å²) in [6, 6.07) is 6.98. The maximum absolute atomic E-state index is 12.0. The molecule has 0 aliphatic carbocycles. The van der Waals surface area contributed by atoms with Crippen LogP contribution in [0.25, 0.3) is 0 Å². The predicted octanol–water partition coefficient (Wildman–Crippen LogP) is 3.52. The van der Waals surface area contributed by atoms with Crippen molar-refractivity contribution in [3.8, 4) is 0 Å². The third kappa shape index (κ3) is 6.75. The van der Waals surface area contributed by atoms with Gasteiger partial charge in [-0.05, 0) is 62.4 Å². The molecule has 0 radical (unpaired) electrons. The molecular weight excluding hydrogens is 388 g/mol. The number of thioether (sulfide) groups is 1. The minimum absolute atomic E-state index is 0.156. The molecule has 4 amide bonds. The number of piperidine rings is 1. The Morgan fingerprint density at radius 3 is 2.69 bits per heavy atom. The zero-order chi connectivity index (χ0) is 20.6. The molecular formula is C21H30N4O3S. The average Bonchev–Trinajstić information content (AvgIpc) is 3.01. The van der Waals surface area contributed by atoms with Crippen molar-refractivity contribution in [2.75, 3.05) is 37.2 Å². The number of carbonyl (C=O) groups is 3. The summed E-state index contributed by atoms with van der Waals surface area (Å²) in [5.74, 6) is 0.862. The van der Waals surface area contributed by atoms with Crippen LogP contribution in [-0.4, -0.2) is 58.9 Å². The standard InChI is InChI=1S/C21H30N4O3S/c1-16-5-4-12-24(13-16)11-3-2-10-22-20(27)23-18-8-6-17(7-9-18)14-25-19(26)15-29-21(25)28/h6-9,16H,2-5,10-15H2,1H3,(H2,22,23,27). The Morgan fingerprint density at radius 1 is 1.21 bits per heavy atom. The van der Waals surface area contributed by atoms with E-state index in [0.29, 0.717) is 12.2 Å². The number of nitrogens with one attached hydrogen (secondary N) is 2. The van der Waals surface area contributed by atoms with Gasteiger partial charge in [-0.2, -0.15) is 0 Å². The molecule has 158 valence electrons. The van der Waals surface area contributed by atoms with Crippen LogP contribution in [0.4, 0.5) is 15.3 Å². The highest BCUT2D eigenvalue weighted by Gasteiger charge is 2.29. The topological polar surface area (TPSA) is 81.8 Å². The van der Waals surface area contributed by atoms with Crippen LogP contribution in [0.15, 0.2) is 24.3 Å². The molecule has 3 rings (SSSR count). The van der Waals surface area contributed by atoms with Crippen LogP contribution in [0.2, 0.25) is 0 Å². The Kier molecular flexibility index (Phi) is 7.94. The number of hydrogen-bond donors (Lipinski definition) is 2. The number of nitrogens with zero attached hydrogens (tertiary/aromatic N) is 2. The first-order chi connectivity index (χ1) is 14.0. The molecule has 29 heavy (non-hydrogen) atoms. The third-order valence-corrected chi connectivity index (χ3v) is 6.18. The number of urea groups is 1. The lowest BCUT2D eigenvalue weighted by atomic mass is 10.0. The zero-order valence-electron chi connectivity index (χ0n) is 17.0. The maximum atomic E-state index is 12.0. The van der Waals surface area contributed by atoms with Crippen molar-refractivity contribution in [2.24, 2.45) is 5.92 Å². The van der Waals surface area contributed by atoms with Crippen molar-refractivity contribution in [3.05, 3.63) is 29.8 Å². The van der Waals surface area contributed by atoms with E-state index < -0.39 is 0 Å². The van der Waals surface area contributed by atoms with Crippen molar-refractivity contribution in [1.82, 2.24) is 15.1 Å². The molecule has 1 aromatic rings. The second-order valence-electron chi connectivity index (χ2n) is 7.87. The van der Waals surface area contributed by atoms with Crippen molar-refractivity contribution in [1.29, 1.82) is 0 Å². The number of hydrogen-bond acceptors (Lipinski definition) is 5. The fourth-order valence-corrected chi connectivity index (χ4v) is 4.46. The van der Waals surface area contributed by atoms with E-state index in [1.54, 1.807) is 12.1 Å². The third-order valence-electron chi connectivity index (χ3n) is 5.32. The van der Waals surface area contributed by atoms with Gasteiger partial charge in [0.1, 0.15) is 0 Å². The molecule has 0 spiro atoms. The van der Waals surface area contributed by atoms with Crippen LogP contribution in [0.3, 0.4) is 0 Å². The summed E-state index contributed by atoms with van der Waals surface area (Å²) in [5, 5.41) is 5.51. The van der Waals surface area contributed by atoms with Crippen LogP contribution in [0.1, 0.15) is 38.2 Å². The lowest BCUT2D eigenvalue weighted by Crippen LogP contribution is -2.35. The lowest BCUT2D eigenvalue weighted by Gasteiger charge is -2.30. The number of benzene rings is 1. The molecule has 1 atom stereocenters. The summed E-state index contributed by atoms with van der Waals surface area (Å²) in [7, 11) is 0. The Labute approximate surface area is 176 Å². The number of likely N-dealkylation sites (tertiary alicyclic amines) is 1. The van der Waals surface area contributed by atoms with Crippen molar-refractivity contribution >= 4 is 34.6 Å². The van der Waals surface area contributed by atoms with Gasteiger partial charge in [0.2, 0.25) is 5.91 Å². The monoisotopic (exact) mass is 418 g/mol. The first-order valence-corrected chi connectivity index (χ1v) is 11.3. The van der Waals surface area contributed by atoms with Crippen LogP contribution < -0.4 is 10.6 Å². The number of anilines is 1. The van der Waals surface area contributed by atoms with E-state index in [2.05, 4.69) is 22.5 Å². The minimum atomic E-state index is -0.217. The van der Waals surface area contributed by atoms with E-state index in [1.165, 1.54) is 30.8 Å². The Hall–Kier alpha value is -2.06. The molecule has 0 bridgehead atoms. The maximum Gasteiger partial charge on any atom is 0.319 e. The normalized spacial score (nSPS) is 20.2. The van der Waals surface area contributed by atoms with Gasteiger partial charge in [0, 0.05) is 18.8 Å². The smallest absolute Gasteiger partial charge is 0.319 e. The highest BCUT2D eigenvalue weighted by atomic mass is 32.2. The molecule has 0 aromatic heterocycles. The summed E-state index contributed by atoms with van der Waals surface area (Å²) < 4.78 is 0. The lowest BCUT2D eigenvalue weighted by molar-refractivity contribution is -0.125. The highest BCUT2D eigenvalue weighted by molar-refractivity contribution is 8.14. The molecule has 2 saturated heterocycles. The second kappa shape index (κ2) is 10.6. The Bertz CT molecular complexity index is 709. The SMILES string of the molecule is CC1CCCN(CCCCNC(=O)Nc2ccc(CN3C(=O)CSC3=O)cc2)C1. The second-order valence-corrected chi connectivity index (χ2v) is 8.79. The summed E-state index contributed by atoms with van der Waals surface area (Å²) in [6.07, 6.45) is 4.69. The van der Waals surface area contributed by atoms with Gasteiger partial charge in [-0.1, -0.05) is 30.8 Å². The van der Waals surface area contributed by atoms with Gasteiger partial charge in [-0.3, -0.25) is 14.5 Å². The summed E-state index contributed by atoms with van der Waals surface area (Å²) in [4.78, 5) is 39.1. The van der Waals surface area contributed by atoms with E-state index >= 15 is 0 Å². The van der Waals surface area contributed by atoms with E-state index in [1.807, 2.05) is 12.1 Å². The number of carbonyl (C=O) groups excluding carboxylic acids is 3. The van der Waals surface area contributed by atoms with Crippen LogP contribution in [0.5, 0.6) is 0 Å². The predicted molar refractivity (Wildman–Crippen MR) is 116 cm³/mol. The fourth-order valence-electron chi connectivity index (χ4n) is 3.74. The van der Waals surface area contributed by atoms with Crippen LogP contribution >= 0.6 is 11.8 Å². The van der Waals surface area contributed by atoms with E-state index in [0.717, 1.165) is 42.6 Å². The van der Waals surface area contributed by atoms with Crippen LogP contribution in [-0.2, 0) is 11.3 Å². The number of unbranched alkanes of at least 4 members (excludes halogenated alkanes) is 1. The summed E-state index contributed by atoms with van der Waals surface area (Å²) in [6.45, 7) is 6.75. The van der Waals surface area contributed by atoms with E-state index in [4.69, 9.17) is 0 Å². The largest absolute Gasteiger partial charge is 0.338 e. The number of amides is 4. The highest BCUT2D eigenvalue weighted by Crippen LogP contribution is 2.22. The number of rotatable bonds is 8. The molecule has 1 aromatic carbocycles. The van der Waals surface area contributed by atoms with Gasteiger partial charge in [-0.25, -0.2) is 4.79 Å². The molecule has 7 nitrogen and oxygen atoms in total. The molecule has 1 unspecified atom stereocenters. The zero-order valence-corrected chi connectivity index (χ0v) is 17.8.